The molecule has 0 unspecified atom stereocenters. The number of hydrogen-bond donors (Lipinski definition) is 4. The van der Waals surface area contributed by atoms with Gasteiger partial charge in [-0.25, -0.2) is 0 Å². The number of hydrogen-bond acceptors (Lipinski definition) is 4. The van der Waals surface area contributed by atoms with E-state index in [4.69, 9.17) is 10.2 Å². The zero-order valence-electron chi connectivity index (χ0n) is 6.14. The lowest BCUT2D eigenvalue weighted by molar-refractivity contribution is 0.273. The molecule has 0 aliphatic heterocycles. The monoisotopic (exact) mass is 148 g/mol. The highest BCUT2D eigenvalue weighted by Gasteiger charge is 1.84. The molecule has 0 rings (SSSR count). The number of hydrazine groups is 1. The highest BCUT2D eigenvalue weighted by molar-refractivity contribution is 4.41. The van der Waals surface area contributed by atoms with Crippen LogP contribution in [0.4, 0.5) is 0 Å². The van der Waals surface area contributed by atoms with Crippen LogP contribution in [-0.2, 0) is 0 Å². The Bertz CT molecular complexity index is 53.7. The summed E-state index contributed by atoms with van der Waals surface area (Å²) < 4.78 is 0. The molecular formula is C6H16N2O2. The minimum Gasteiger partial charge on any atom is -0.396 e. The van der Waals surface area contributed by atoms with Gasteiger partial charge in [0.25, 0.3) is 0 Å². The van der Waals surface area contributed by atoms with Crippen LogP contribution in [0.3, 0.4) is 0 Å². The van der Waals surface area contributed by atoms with Gasteiger partial charge in [-0.2, -0.15) is 0 Å². The Hall–Kier alpha value is -0.160. The molecule has 0 radical (unpaired) electrons. The smallest absolute Gasteiger partial charge is 0.0443 e. The third-order valence-electron chi connectivity index (χ3n) is 1.04. The summed E-state index contributed by atoms with van der Waals surface area (Å²) >= 11 is 0. The van der Waals surface area contributed by atoms with Crippen molar-refractivity contribution in [3.8, 4) is 0 Å². The molecule has 10 heavy (non-hydrogen) atoms. The predicted molar refractivity (Wildman–Crippen MR) is 39.4 cm³/mol. The standard InChI is InChI=1S/C6H16N2O2/c9-5-1-3-7-8-4-2-6-10/h7-10H,1-6H2. The van der Waals surface area contributed by atoms with E-state index in [1.54, 1.807) is 0 Å². The number of rotatable bonds is 7. The third-order valence-corrected chi connectivity index (χ3v) is 1.04. The molecule has 0 saturated carbocycles. The molecule has 0 aliphatic carbocycles. The van der Waals surface area contributed by atoms with Crippen molar-refractivity contribution in [2.75, 3.05) is 26.3 Å². The zero-order chi connectivity index (χ0) is 7.66. The SMILES string of the molecule is OCCCNNCCCO. The molecule has 0 atom stereocenters. The van der Waals surface area contributed by atoms with Gasteiger partial charge >= 0.3 is 0 Å². The van der Waals surface area contributed by atoms with Crippen LogP contribution in [0.15, 0.2) is 0 Å². The molecule has 0 aromatic heterocycles. The first-order chi connectivity index (χ1) is 4.91. The first-order valence-corrected chi connectivity index (χ1v) is 3.59. The minimum absolute atomic E-state index is 0.217. The fraction of sp³-hybridized carbons (Fsp3) is 1.00. The Balaban J connectivity index is 2.65. The van der Waals surface area contributed by atoms with E-state index in [2.05, 4.69) is 10.9 Å². The van der Waals surface area contributed by atoms with Gasteiger partial charge in [0.2, 0.25) is 0 Å². The maximum absolute atomic E-state index is 8.36. The Morgan fingerprint density at radius 2 is 1.20 bits per heavy atom. The predicted octanol–water partition coefficient (Wildman–Crippen LogP) is -1.15. The van der Waals surface area contributed by atoms with Gasteiger partial charge in [0.15, 0.2) is 0 Å². The van der Waals surface area contributed by atoms with Gasteiger partial charge in [-0.3, -0.25) is 10.9 Å². The molecule has 0 aromatic carbocycles. The summed E-state index contributed by atoms with van der Waals surface area (Å²) in [7, 11) is 0. The van der Waals surface area contributed by atoms with Crippen molar-refractivity contribution in [2.45, 2.75) is 12.8 Å². The summed E-state index contributed by atoms with van der Waals surface area (Å²) in [5, 5.41) is 16.7. The van der Waals surface area contributed by atoms with Crippen molar-refractivity contribution in [1.82, 2.24) is 10.9 Å². The second kappa shape index (κ2) is 8.84. The van der Waals surface area contributed by atoms with Gasteiger partial charge in [0.05, 0.1) is 0 Å². The van der Waals surface area contributed by atoms with E-state index in [0.29, 0.717) is 0 Å². The van der Waals surface area contributed by atoms with Gasteiger partial charge in [0.1, 0.15) is 0 Å². The van der Waals surface area contributed by atoms with E-state index in [9.17, 15) is 0 Å². The Morgan fingerprint density at radius 1 is 0.800 bits per heavy atom. The highest BCUT2D eigenvalue weighted by Crippen LogP contribution is 1.70. The lowest BCUT2D eigenvalue weighted by atomic mass is 10.4. The summed E-state index contributed by atoms with van der Waals surface area (Å²) in [5.41, 5.74) is 5.80. The Labute approximate surface area is 61.2 Å². The van der Waals surface area contributed by atoms with E-state index in [0.717, 1.165) is 25.9 Å². The molecule has 4 heteroatoms. The topological polar surface area (TPSA) is 64.5 Å². The summed E-state index contributed by atoms with van der Waals surface area (Å²) in [4.78, 5) is 0. The third kappa shape index (κ3) is 7.84. The average molecular weight is 148 g/mol. The second-order valence-corrected chi connectivity index (χ2v) is 2.01. The lowest BCUT2D eigenvalue weighted by Gasteiger charge is -2.03. The molecule has 0 bridgehead atoms. The summed E-state index contributed by atoms with van der Waals surface area (Å²) in [6.45, 7) is 1.97. The van der Waals surface area contributed by atoms with Crippen molar-refractivity contribution in [3.05, 3.63) is 0 Å². The molecule has 0 heterocycles. The van der Waals surface area contributed by atoms with E-state index < -0.39 is 0 Å². The molecule has 0 aromatic rings. The molecule has 62 valence electrons. The van der Waals surface area contributed by atoms with E-state index >= 15 is 0 Å². The van der Waals surface area contributed by atoms with Crippen LogP contribution in [0.25, 0.3) is 0 Å². The first-order valence-electron chi connectivity index (χ1n) is 3.59. The van der Waals surface area contributed by atoms with Crippen molar-refractivity contribution < 1.29 is 10.2 Å². The van der Waals surface area contributed by atoms with Crippen LogP contribution < -0.4 is 10.9 Å². The molecule has 0 fully saturated rings. The van der Waals surface area contributed by atoms with Crippen molar-refractivity contribution >= 4 is 0 Å². The van der Waals surface area contributed by atoms with Crippen molar-refractivity contribution in [3.63, 3.8) is 0 Å². The first kappa shape index (κ1) is 9.84. The molecule has 0 spiro atoms. The maximum Gasteiger partial charge on any atom is 0.0443 e. The lowest BCUT2D eigenvalue weighted by Crippen LogP contribution is -2.33. The van der Waals surface area contributed by atoms with E-state index in [1.807, 2.05) is 0 Å². The van der Waals surface area contributed by atoms with Crippen LogP contribution in [0.2, 0.25) is 0 Å². The minimum atomic E-state index is 0.217. The quantitative estimate of drug-likeness (QED) is 0.272. The molecule has 0 aliphatic rings. The van der Waals surface area contributed by atoms with E-state index in [-0.39, 0.29) is 13.2 Å². The van der Waals surface area contributed by atoms with Gasteiger partial charge in [-0.05, 0) is 12.8 Å². The molecule has 0 amide bonds. The Kier molecular flexibility index (Phi) is 8.70. The van der Waals surface area contributed by atoms with Gasteiger partial charge in [-0.1, -0.05) is 0 Å². The van der Waals surface area contributed by atoms with Crippen LogP contribution in [-0.4, -0.2) is 36.5 Å². The number of nitrogens with one attached hydrogen (secondary N) is 2. The molecule has 4 N–H and O–H groups in total. The maximum atomic E-state index is 8.36. The number of aliphatic hydroxyl groups excluding tert-OH is 2. The van der Waals surface area contributed by atoms with Crippen molar-refractivity contribution in [1.29, 1.82) is 0 Å². The van der Waals surface area contributed by atoms with Crippen LogP contribution in [0.5, 0.6) is 0 Å². The molecule has 0 saturated heterocycles. The highest BCUT2D eigenvalue weighted by atomic mass is 16.3. The van der Waals surface area contributed by atoms with Gasteiger partial charge in [-0.15, -0.1) is 0 Å². The zero-order valence-corrected chi connectivity index (χ0v) is 6.14. The Morgan fingerprint density at radius 3 is 1.50 bits per heavy atom. The summed E-state index contributed by atoms with van der Waals surface area (Å²) in [5.74, 6) is 0. The molecular weight excluding hydrogens is 132 g/mol. The molecule has 4 nitrogen and oxygen atoms in total. The summed E-state index contributed by atoms with van der Waals surface area (Å²) in [6, 6.07) is 0. The van der Waals surface area contributed by atoms with E-state index in [1.165, 1.54) is 0 Å². The number of aliphatic hydroxyl groups is 2. The van der Waals surface area contributed by atoms with Gasteiger partial charge in [0, 0.05) is 26.3 Å². The normalized spacial score (nSPS) is 10.2. The fourth-order valence-corrected chi connectivity index (χ4v) is 0.512. The van der Waals surface area contributed by atoms with Crippen molar-refractivity contribution in [2.24, 2.45) is 0 Å². The average Bonchev–Trinajstić information content (AvgIpc) is 1.97. The van der Waals surface area contributed by atoms with Crippen LogP contribution in [0.1, 0.15) is 12.8 Å². The van der Waals surface area contributed by atoms with Crippen LogP contribution >= 0.6 is 0 Å². The van der Waals surface area contributed by atoms with Crippen LogP contribution in [0, 0.1) is 0 Å². The fourth-order valence-electron chi connectivity index (χ4n) is 0.512. The summed E-state index contributed by atoms with van der Waals surface area (Å²) in [6.07, 6.45) is 1.51. The van der Waals surface area contributed by atoms with Gasteiger partial charge < -0.3 is 10.2 Å². The largest absolute Gasteiger partial charge is 0.396 e. The second-order valence-electron chi connectivity index (χ2n) is 2.01.